The molecule has 0 amide bonds. The molecule has 0 radical (unpaired) electrons. The van der Waals surface area contributed by atoms with E-state index in [1.807, 2.05) is 27.7 Å². The van der Waals surface area contributed by atoms with Crippen LogP contribution in [0.3, 0.4) is 0 Å². The van der Waals surface area contributed by atoms with Crippen molar-refractivity contribution < 1.29 is 9.30 Å². The van der Waals surface area contributed by atoms with E-state index in [-0.39, 0.29) is 17.7 Å². The maximum Gasteiger partial charge on any atom is 0.222 e. The summed E-state index contributed by atoms with van der Waals surface area (Å²) in [6.07, 6.45) is 4.27. The normalized spacial score (nSPS) is 11.7. The van der Waals surface area contributed by atoms with Crippen molar-refractivity contribution >= 4 is 24.3 Å². The second-order valence-electron chi connectivity index (χ2n) is 5.84. The summed E-state index contributed by atoms with van der Waals surface area (Å²) < 4.78 is 18.9. The van der Waals surface area contributed by atoms with Crippen molar-refractivity contribution in [3.8, 4) is 11.5 Å². The summed E-state index contributed by atoms with van der Waals surface area (Å²) in [5.41, 5.74) is 12.8. The van der Waals surface area contributed by atoms with Gasteiger partial charge in [0.25, 0.3) is 0 Å². The Balaban J connectivity index is 2.51. The van der Waals surface area contributed by atoms with Gasteiger partial charge in [-0.25, -0.2) is 4.98 Å². The predicted molar refractivity (Wildman–Crippen MR) is 97.6 cm³/mol. The largest absolute Gasteiger partial charge is 0.451 e. The van der Waals surface area contributed by atoms with Crippen molar-refractivity contribution in [2.24, 2.45) is 0 Å². The van der Waals surface area contributed by atoms with Gasteiger partial charge in [0.15, 0.2) is 11.6 Å². The minimum atomic E-state index is -2.51. The minimum Gasteiger partial charge on any atom is -0.451 e. The molecular weight excluding hydrogens is 325 g/mol. The zero-order valence-corrected chi connectivity index (χ0v) is 15.4. The molecule has 0 fully saturated rings. The van der Waals surface area contributed by atoms with Gasteiger partial charge >= 0.3 is 0 Å². The van der Waals surface area contributed by atoms with Crippen molar-refractivity contribution in [3.63, 3.8) is 0 Å². The summed E-state index contributed by atoms with van der Waals surface area (Å²) in [6.45, 7) is 7.89. The van der Waals surface area contributed by atoms with E-state index in [0.717, 1.165) is 5.56 Å². The molecular formula is C16H24N5O2P. The number of anilines is 2. The predicted octanol–water partition coefficient (Wildman–Crippen LogP) is 2.98. The van der Waals surface area contributed by atoms with Gasteiger partial charge in [0.2, 0.25) is 5.95 Å². The molecule has 2 aromatic heterocycles. The van der Waals surface area contributed by atoms with Gasteiger partial charge in [-0.1, -0.05) is 27.7 Å². The van der Waals surface area contributed by atoms with Gasteiger partial charge in [0.05, 0.1) is 6.20 Å². The third kappa shape index (κ3) is 3.67. The Kier molecular flexibility index (Phi) is 5.44. The first kappa shape index (κ1) is 18.2. The lowest BCUT2D eigenvalue weighted by Gasteiger charge is -2.18. The van der Waals surface area contributed by atoms with Crippen LogP contribution in [-0.4, -0.2) is 27.3 Å². The molecule has 4 N–H and O–H groups in total. The molecule has 0 atom stereocenters. The quantitative estimate of drug-likeness (QED) is 0.770. The van der Waals surface area contributed by atoms with Crippen molar-refractivity contribution in [1.82, 2.24) is 15.0 Å². The molecule has 0 spiro atoms. The molecule has 0 saturated carbocycles. The summed E-state index contributed by atoms with van der Waals surface area (Å²) in [5.74, 6) is 1.30. The summed E-state index contributed by atoms with van der Waals surface area (Å²) in [6, 6.07) is 1.75. The fraction of sp³-hybridized carbons (Fsp3) is 0.438. The van der Waals surface area contributed by atoms with Gasteiger partial charge in [-0.3, -0.25) is 4.98 Å². The summed E-state index contributed by atoms with van der Waals surface area (Å²) in [7, 11) is -2.51. The topological polar surface area (TPSA) is 117 Å². The highest BCUT2D eigenvalue weighted by Gasteiger charge is 2.24. The molecule has 0 aromatic carbocycles. The monoisotopic (exact) mass is 349 g/mol. The first-order chi connectivity index (χ1) is 11.3. The average Bonchev–Trinajstić information content (AvgIpc) is 2.56. The van der Waals surface area contributed by atoms with Crippen molar-refractivity contribution in [2.45, 2.75) is 33.6 Å². The van der Waals surface area contributed by atoms with Crippen molar-refractivity contribution in [2.75, 3.05) is 23.8 Å². The Labute approximate surface area is 142 Å². The van der Waals surface area contributed by atoms with Gasteiger partial charge in [0, 0.05) is 30.2 Å². The standard InChI is InChI=1S/C16H24N5O2P/c1-5-24(22,6-2)14-7-12(11(8-19-14)10(3)4)23-13-9-20-16(18)21-15(13)17/h7-10H,5-6H2,1-4H3,(H4,17,18,20,21). The average molecular weight is 349 g/mol. The van der Waals surface area contributed by atoms with Crippen molar-refractivity contribution in [1.29, 1.82) is 0 Å². The molecule has 24 heavy (non-hydrogen) atoms. The second-order valence-corrected chi connectivity index (χ2v) is 9.34. The Morgan fingerprint density at radius 3 is 2.33 bits per heavy atom. The number of nitrogens with zero attached hydrogens (tertiary/aromatic N) is 3. The highest BCUT2D eigenvalue weighted by molar-refractivity contribution is 7.71. The van der Waals surface area contributed by atoms with E-state index in [2.05, 4.69) is 15.0 Å². The van der Waals surface area contributed by atoms with Crippen LogP contribution in [0.25, 0.3) is 0 Å². The maximum atomic E-state index is 13.0. The second kappa shape index (κ2) is 7.18. The first-order valence-corrected chi connectivity index (χ1v) is 10.0. The Bertz CT molecular complexity index is 771. The number of aromatic nitrogens is 3. The number of nitrogen functional groups attached to an aromatic ring is 2. The van der Waals surface area contributed by atoms with Crippen LogP contribution in [0, 0.1) is 0 Å². The number of rotatable bonds is 6. The van der Waals surface area contributed by atoms with Crippen LogP contribution in [0.2, 0.25) is 0 Å². The van der Waals surface area contributed by atoms with Crippen molar-refractivity contribution in [3.05, 3.63) is 24.0 Å². The zero-order valence-electron chi connectivity index (χ0n) is 14.5. The van der Waals surface area contributed by atoms with Crippen LogP contribution in [-0.2, 0) is 4.57 Å². The highest BCUT2D eigenvalue weighted by Crippen LogP contribution is 2.44. The van der Waals surface area contributed by atoms with Crippen LogP contribution in [0.15, 0.2) is 18.5 Å². The van der Waals surface area contributed by atoms with Crippen LogP contribution in [0.4, 0.5) is 11.8 Å². The van der Waals surface area contributed by atoms with Gasteiger partial charge < -0.3 is 20.8 Å². The summed E-state index contributed by atoms with van der Waals surface area (Å²) >= 11 is 0. The SMILES string of the molecule is CCP(=O)(CC)c1cc(Oc2cnc(N)nc2N)c(C(C)C)cn1. The lowest BCUT2D eigenvalue weighted by molar-refractivity contribution is 0.470. The summed E-state index contributed by atoms with van der Waals surface area (Å²) in [5, 5.41) is 0. The molecule has 2 rings (SSSR count). The Morgan fingerprint density at radius 1 is 1.12 bits per heavy atom. The van der Waals surface area contributed by atoms with E-state index in [9.17, 15) is 4.57 Å². The molecule has 130 valence electrons. The molecule has 8 heteroatoms. The fourth-order valence-corrected chi connectivity index (χ4v) is 4.04. The summed E-state index contributed by atoms with van der Waals surface area (Å²) in [4.78, 5) is 12.2. The van der Waals surface area contributed by atoms with Crippen LogP contribution >= 0.6 is 7.14 Å². The molecule has 2 heterocycles. The Hall–Kier alpha value is -2.14. The smallest absolute Gasteiger partial charge is 0.222 e. The Morgan fingerprint density at radius 2 is 1.79 bits per heavy atom. The van der Waals surface area contributed by atoms with Gasteiger partial charge in [-0.2, -0.15) is 4.98 Å². The molecule has 0 aliphatic rings. The van der Waals surface area contributed by atoms with E-state index in [1.165, 1.54) is 6.20 Å². The maximum absolute atomic E-state index is 13.0. The first-order valence-electron chi connectivity index (χ1n) is 7.95. The molecule has 0 bridgehead atoms. The van der Waals surface area contributed by atoms with Crippen LogP contribution in [0.5, 0.6) is 11.5 Å². The van der Waals surface area contributed by atoms with Gasteiger partial charge in [-0.05, 0) is 5.92 Å². The van der Waals surface area contributed by atoms with E-state index < -0.39 is 7.14 Å². The third-order valence-corrected chi connectivity index (χ3v) is 7.09. The molecule has 0 aliphatic carbocycles. The molecule has 0 unspecified atom stereocenters. The fourth-order valence-electron chi connectivity index (χ4n) is 2.32. The van der Waals surface area contributed by atoms with Gasteiger partial charge in [0.1, 0.15) is 18.3 Å². The number of pyridine rings is 1. The number of hydrogen-bond acceptors (Lipinski definition) is 7. The molecule has 0 aliphatic heterocycles. The van der Waals surface area contributed by atoms with E-state index in [0.29, 0.717) is 29.3 Å². The van der Waals surface area contributed by atoms with E-state index in [4.69, 9.17) is 16.2 Å². The number of nitrogens with two attached hydrogens (primary N) is 2. The zero-order chi connectivity index (χ0) is 17.9. The van der Waals surface area contributed by atoms with Crippen LogP contribution in [0.1, 0.15) is 39.2 Å². The number of hydrogen-bond donors (Lipinski definition) is 2. The molecule has 0 saturated heterocycles. The number of ether oxygens (including phenoxy) is 1. The lowest BCUT2D eigenvalue weighted by Crippen LogP contribution is -2.14. The molecule has 2 aromatic rings. The highest BCUT2D eigenvalue weighted by atomic mass is 31.2. The van der Waals surface area contributed by atoms with Gasteiger partial charge in [-0.15, -0.1) is 0 Å². The molecule has 7 nitrogen and oxygen atoms in total. The lowest BCUT2D eigenvalue weighted by atomic mass is 10.1. The van der Waals surface area contributed by atoms with Crippen LogP contribution < -0.4 is 21.6 Å². The van der Waals surface area contributed by atoms with E-state index in [1.54, 1.807) is 12.3 Å². The minimum absolute atomic E-state index is 0.0841. The third-order valence-electron chi connectivity index (χ3n) is 3.96. The van der Waals surface area contributed by atoms with E-state index >= 15 is 0 Å².